The molecule has 0 radical (unpaired) electrons. The Balaban J connectivity index is 2.02. The van der Waals surface area contributed by atoms with Gasteiger partial charge in [0.1, 0.15) is 5.60 Å². The van der Waals surface area contributed by atoms with Gasteiger partial charge in [-0.05, 0) is 32.9 Å². The second kappa shape index (κ2) is 6.29. The topological polar surface area (TPSA) is 60.2 Å². The van der Waals surface area contributed by atoms with E-state index in [0.29, 0.717) is 0 Å². The Morgan fingerprint density at radius 2 is 2.11 bits per heavy atom. The summed E-state index contributed by atoms with van der Waals surface area (Å²) in [5.74, 6) is 1.46. The minimum atomic E-state index is -0.303. The molecule has 1 saturated carbocycles. The fraction of sp³-hybridized carbons (Fsp3) is 0.846. The van der Waals surface area contributed by atoms with Crippen molar-refractivity contribution >= 4 is 0 Å². The zero-order valence-corrected chi connectivity index (χ0v) is 11.4. The number of methoxy groups -OCH3 is 1. The molecule has 0 unspecified atom stereocenters. The van der Waals surface area contributed by atoms with Crippen molar-refractivity contribution in [2.75, 3.05) is 20.7 Å². The molecule has 102 valence electrons. The van der Waals surface area contributed by atoms with Gasteiger partial charge in [0.2, 0.25) is 11.7 Å². The average molecular weight is 253 g/mol. The maximum Gasteiger partial charge on any atom is 0.226 e. The summed E-state index contributed by atoms with van der Waals surface area (Å²) in [6.45, 7) is 0.965. The third-order valence-electron chi connectivity index (χ3n) is 3.74. The number of aromatic nitrogens is 2. The Hall–Kier alpha value is -0.940. The van der Waals surface area contributed by atoms with Crippen LogP contribution >= 0.6 is 0 Å². The van der Waals surface area contributed by atoms with E-state index in [1.54, 1.807) is 7.11 Å². The van der Waals surface area contributed by atoms with Gasteiger partial charge in [-0.15, -0.1) is 0 Å². The van der Waals surface area contributed by atoms with Gasteiger partial charge in [-0.1, -0.05) is 24.4 Å². The maximum absolute atomic E-state index is 5.71. The van der Waals surface area contributed by atoms with E-state index >= 15 is 0 Å². The third kappa shape index (κ3) is 2.90. The molecular formula is C13H23N3O2. The minimum Gasteiger partial charge on any atom is -0.370 e. The second-order valence-electron chi connectivity index (χ2n) is 4.98. The summed E-state index contributed by atoms with van der Waals surface area (Å²) in [4.78, 5) is 4.52. The summed E-state index contributed by atoms with van der Waals surface area (Å²) >= 11 is 0. The molecule has 0 bridgehead atoms. The Labute approximate surface area is 108 Å². The van der Waals surface area contributed by atoms with Crippen LogP contribution in [0.3, 0.4) is 0 Å². The number of ether oxygens (including phenoxy) is 1. The number of hydrogen-bond acceptors (Lipinski definition) is 5. The monoisotopic (exact) mass is 253 g/mol. The Morgan fingerprint density at radius 1 is 1.33 bits per heavy atom. The lowest BCUT2D eigenvalue weighted by molar-refractivity contribution is -0.0527. The molecule has 5 nitrogen and oxygen atoms in total. The number of nitrogens with zero attached hydrogens (tertiary/aromatic N) is 2. The van der Waals surface area contributed by atoms with Gasteiger partial charge >= 0.3 is 0 Å². The van der Waals surface area contributed by atoms with Crippen LogP contribution in [0.25, 0.3) is 0 Å². The molecule has 0 amide bonds. The van der Waals surface area contributed by atoms with Crippen LogP contribution in [0.1, 0.15) is 50.2 Å². The summed E-state index contributed by atoms with van der Waals surface area (Å²) in [6, 6.07) is 0. The van der Waals surface area contributed by atoms with Crippen LogP contribution in [0.5, 0.6) is 0 Å². The van der Waals surface area contributed by atoms with E-state index in [2.05, 4.69) is 15.5 Å². The highest BCUT2D eigenvalue weighted by molar-refractivity contribution is 5.03. The van der Waals surface area contributed by atoms with Crippen molar-refractivity contribution in [3.8, 4) is 0 Å². The van der Waals surface area contributed by atoms with Crippen LogP contribution in [0.2, 0.25) is 0 Å². The molecule has 0 aromatic carbocycles. The lowest BCUT2D eigenvalue weighted by Crippen LogP contribution is -2.32. The van der Waals surface area contributed by atoms with Crippen molar-refractivity contribution in [3.63, 3.8) is 0 Å². The predicted molar refractivity (Wildman–Crippen MR) is 68.3 cm³/mol. The van der Waals surface area contributed by atoms with E-state index in [-0.39, 0.29) is 5.60 Å². The van der Waals surface area contributed by atoms with Crippen LogP contribution in [0, 0.1) is 0 Å². The molecule has 1 aromatic rings. The molecule has 5 heteroatoms. The molecule has 1 aromatic heterocycles. The molecule has 1 N–H and O–H groups in total. The first-order chi connectivity index (χ1) is 8.80. The van der Waals surface area contributed by atoms with Crippen molar-refractivity contribution in [2.24, 2.45) is 0 Å². The van der Waals surface area contributed by atoms with Gasteiger partial charge in [0.05, 0.1) is 0 Å². The summed E-state index contributed by atoms with van der Waals surface area (Å²) in [6.07, 6.45) is 7.47. The molecular weight excluding hydrogens is 230 g/mol. The first-order valence-electron chi connectivity index (χ1n) is 6.83. The van der Waals surface area contributed by atoms with Crippen molar-refractivity contribution in [3.05, 3.63) is 11.7 Å². The molecule has 0 saturated heterocycles. The number of hydrogen-bond donors (Lipinski definition) is 1. The van der Waals surface area contributed by atoms with Crippen molar-refractivity contribution in [1.82, 2.24) is 15.5 Å². The summed E-state index contributed by atoms with van der Waals surface area (Å²) in [5, 5.41) is 7.24. The quantitative estimate of drug-likeness (QED) is 0.786. The van der Waals surface area contributed by atoms with Gasteiger partial charge in [0, 0.05) is 13.5 Å². The first kappa shape index (κ1) is 13.5. The fourth-order valence-electron chi connectivity index (χ4n) is 2.60. The van der Waals surface area contributed by atoms with Gasteiger partial charge in [-0.25, -0.2) is 0 Å². The van der Waals surface area contributed by atoms with Crippen LogP contribution < -0.4 is 5.32 Å². The van der Waals surface area contributed by atoms with Crippen molar-refractivity contribution < 1.29 is 9.26 Å². The van der Waals surface area contributed by atoms with Crippen molar-refractivity contribution in [2.45, 2.75) is 50.5 Å². The van der Waals surface area contributed by atoms with Gasteiger partial charge in [-0.3, -0.25) is 0 Å². The van der Waals surface area contributed by atoms with Crippen molar-refractivity contribution in [1.29, 1.82) is 0 Å². The number of aryl methyl sites for hydroxylation is 1. The van der Waals surface area contributed by atoms with Crippen LogP contribution in [0.15, 0.2) is 4.52 Å². The van der Waals surface area contributed by atoms with Gasteiger partial charge < -0.3 is 14.6 Å². The van der Waals surface area contributed by atoms with Crippen LogP contribution in [-0.4, -0.2) is 30.8 Å². The molecule has 1 aliphatic carbocycles. The van der Waals surface area contributed by atoms with E-state index in [4.69, 9.17) is 9.26 Å². The Kier molecular flexibility index (Phi) is 4.72. The Bertz CT molecular complexity index is 359. The lowest BCUT2D eigenvalue weighted by atomic mass is 9.84. The molecule has 18 heavy (non-hydrogen) atoms. The largest absolute Gasteiger partial charge is 0.370 e. The Morgan fingerprint density at radius 3 is 2.78 bits per heavy atom. The summed E-state index contributed by atoms with van der Waals surface area (Å²) in [5.41, 5.74) is -0.303. The molecule has 1 heterocycles. The first-order valence-corrected chi connectivity index (χ1v) is 6.83. The normalized spacial score (nSPS) is 19.0. The minimum absolute atomic E-state index is 0.303. The molecule has 2 rings (SSSR count). The highest BCUT2D eigenvalue weighted by Gasteiger charge is 2.38. The maximum atomic E-state index is 5.71. The summed E-state index contributed by atoms with van der Waals surface area (Å²) < 4.78 is 11.0. The van der Waals surface area contributed by atoms with E-state index in [0.717, 1.165) is 43.9 Å². The highest BCUT2D eigenvalue weighted by Crippen LogP contribution is 2.38. The molecule has 1 fully saturated rings. The van der Waals surface area contributed by atoms with E-state index < -0.39 is 0 Å². The molecule has 0 aliphatic heterocycles. The zero-order chi connectivity index (χ0) is 12.8. The van der Waals surface area contributed by atoms with E-state index in [9.17, 15) is 0 Å². The molecule has 0 atom stereocenters. The number of rotatable bonds is 6. The van der Waals surface area contributed by atoms with Gasteiger partial charge in [-0.2, -0.15) is 4.98 Å². The third-order valence-corrected chi connectivity index (χ3v) is 3.74. The second-order valence-corrected chi connectivity index (χ2v) is 4.98. The predicted octanol–water partition coefficient (Wildman–Crippen LogP) is 2.03. The molecule has 0 spiro atoms. The fourth-order valence-corrected chi connectivity index (χ4v) is 2.60. The van der Waals surface area contributed by atoms with Crippen LogP contribution in [-0.2, 0) is 16.8 Å². The van der Waals surface area contributed by atoms with Gasteiger partial charge in [0.25, 0.3) is 0 Å². The average Bonchev–Trinajstić information content (AvgIpc) is 2.89. The lowest BCUT2D eigenvalue weighted by Gasteiger charge is -2.32. The van der Waals surface area contributed by atoms with E-state index in [1.165, 1.54) is 19.3 Å². The smallest absolute Gasteiger partial charge is 0.226 e. The standard InChI is InChI=1S/C13H23N3O2/c1-14-10-6-7-11-15-12(16-18-11)13(17-2)8-4-3-5-9-13/h14H,3-10H2,1-2H3. The van der Waals surface area contributed by atoms with Gasteiger partial charge in [0.15, 0.2) is 0 Å². The molecule has 1 aliphatic rings. The highest BCUT2D eigenvalue weighted by atomic mass is 16.5. The van der Waals surface area contributed by atoms with E-state index in [1.807, 2.05) is 7.05 Å². The summed E-state index contributed by atoms with van der Waals surface area (Å²) in [7, 11) is 3.70. The number of nitrogens with one attached hydrogen (secondary N) is 1. The van der Waals surface area contributed by atoms with Crippen LogP contribution in [0.4, 0.5) is 0 Å². The zero-order valence-electron chi connectivity index (χ0n) is 11.4. The SMILES string of the molecule is CNCCCc1nc(C2(OC)CCCCC2)no1.